The van der Waals surface area contributed by atoms with Crippen LogP contribution in [0.1, 0.15) is 27.7 Å². The Kier molecular flexibility index (Phi) is 2.93. The highest BCUT2D eigenvalue weighted by atomic mass is 16.6. The summed E-state index contributed by atoms with van der Waals surface area (Å²) in [6.45, 7) is 7.52. The minimum atomic E-state index is -0.973. The summed E-state index contributed by atoms with van der Waals surface area (Å²) in [4.78, 5) is 23.6. The molecular weight excluding hydrogens is 198 g/mol. The van der Waals surface area contributed by atoms with E-state index in [4.69, 9.17) is 9.84 Å². The maximum atomic E-state index is 11.5. The molecule has 0 aromatic heterocycles. The smallest absolute Gasteiger partial charge is 0.411 e. The summed E-state index contributed by atoms with van der Waals surface area (Å²) in [6, 6.07) is -0.736. The van der Waals surface area contributed by atoms with Gasteiger partial charge in [-0.05, 0) is 20.8 Å². The third-order valence-corrected chi connectivity index (χ3v) is 2.24. The fourth-order valence-corrected chi connectivity index (χ4v) is 1.58. The van der Waals surface area contributed by atoms with Gasteiger partial charge in [-0.25, -0.2) is 9.59 Å². The molecule has 1 saturated heterocycles. The van der Waals surface area contributed by atoms with E-state index in [-0.39, 0.29) is 5.92 Å². The summed E-state index contributed by atoms with van der Waals surface area (Å²) in [5, 5.41) is 8.87. The van der Waals surface area contributed by atoms with Gasteiger partial charge >= 0.3 is 12.1 Å². The Morgan fingerprint density at radius 2 is 1.93 bits per heavy atom. The van der Waals surface area contributed by atoms with Gasteiger partial charge in [-0.1, -0.05) is 6.92 Å². The zero-order valence-corrected chi connectivity index (χ0v) is 9.48. The SMILES string of the molecule is C[C@H]1CN(C(=O)OC(C)(C)C)[C@@H]1C(=O)O. The second-order valence-electron chi connectivity index (χ2n) is 4.89. The monoisotopic (exact) mass is 215 g/mol. The molecule has 0 aromatic rings. The van der Waals surface area contributed by atoms with Crippen LogP contribution in [0.25, 0.3) is 0 Å². The van der Waals surface area contributed by atoms with Gasteiger partial charge < -0.3 is 9.84 Å². The fourth-order valence-electron chi connectivity index (χ4n) is 1.58. The topological polar surface area (TPSA) is 66.8 Å². The lowest BCUT2D eigenvalue weighted by atomic mass is 9.91. The average Bonchev–Trinajstić information content (AvgIpc) is 1.94. The van der Waals surface area contributed by atoms with Crippen LogP contribution in [0.15, 0.2) is 0 Å². The molecule has 1 fully saturated rings. The molecule has 0 spiro atoms. The first-order valence-electron chi connectivity index (χ1n) is 4.95. The van der Waals surface area contributed by atoms with Crippen LogP contribution in [0.2, 0.25) is 0 Å². The molecule has 15 heavy (non-hydrogen) atoms. The number of ether oxygens (including phenoxy) is 1. The summed E-state index contributed by atoms with van der Waals surface area (Å²) in [6.07, 6.45) is -0.548. The van der Waals surface area contributed by atoms with Gasteiger partial charge in [0.25, 0.3) is 0 Å². The zero-order chi connectivity index (χ0) is 11.8. The van der Waals surface area contributed by atoms with E-state index >= 15 is 0 Å². The number of nitrogens with zero attached hydrogens (tertiary/aromatic N) is 1. The van der Waals surface area contributed by atoms with Gasteiger partial charge in [-0.2, -0.15) is 0 Å². The Labute approximate surface area is 89.0 Å². The molecule has 1 heterocycles. The lowest BCUT2D eigenvalue weighted by molar-refractivity contribution is -0.151. The Balaban J connectivity index is 2.59. The molecule has 0 saturated carbocycles. The van der Waals surface area contributed by atoms with Crippen LogP contribution < -0.4 is 0 Å². The van der Waals surface area contributed by atoms with E-state index in [9.17, 15) is 9.59 Å². The molecule has 86 valence electrons. The van der Waals surface area contributed by atoms with Crippen molar-refractivity contribution in [3.63, 3.8) is 0 Å². The summed E-state index contributed by atoms with van der Waals surface area (Å²) < 4.78 is 5.09. The number of amides is 1. The number of carbonyl (C=O) groups is 2. The molecule has 5 heteroatoms. The van der Waals surface area contributed by atoms with E-state index in [0.29, 0.717) is 6.54 Å². The molecule has 0 unspecified atom stereocenters. The van der Waals surface area contributed by atoms with Crippen molar-refractivity contribution in [3.05, 3.63) is 0 Å². The largest absolute Gasteiger partial charge is 0.480 e. The molecule has 1 amide bonds. The average molecular weight is 215 g/mol. The highest BCUT2D eigenvalue weighted by Gasteiger charge is 2.45. The zero-order valence-electron chi connectivity index (χ0n) is 9.48. The van der Waals surface area contributed by atoms with Gasteiger partial charge in [0.05, 0.1) is 0 Å². The van der Waals surface area contributed by atoms with Gasteiger partial charge in [-0.15, -0.1) is 0 Å². The van der Waals surface area contributed by atoms with Crippen LogP contribution in [0.5, 0.6) is 0 Å². The van der Waals surface area contributed by atoms with Gasteiger partial charge in [0.2, 0.25) is 0 Å². The van der Waals surface area contributed by atoms with Gasteiger partial charge in [0.15, 0.2) is 0 Å². The van der Waals surface area contributed by atoms with Crippen LogP contribution in [-0.4, -0.2) is 40.3 Å². The first-order valence-corrected chi connectivity index (χ1v) is 4.95. The van der Waals surface area contributed by atoms with Crippen molar-refractivity contribution in [2.75, 3.05) is 6.54 Å². The number of rotatable bonds is 1. The van der Waals surface area contributed by atoms with Crippen LogP contribution in [0.3, 0.4) is 0 Å². The summed E-state index contributed by atoms with van der Waals surface area (Å²) >= 11 is 0. The number of carbonyl (C=O) groups excluding carboxylic acids is 1. The predicted octanol–water partition coefficient (Wildman–Crippen LogP) is 1.33. The third-order valence-electron chi connectivity index (χ3n) is 2.24. The maximum absolute atomic E-state index is 11.5. The highest BCUT2D eigenvalue weighted by molar-refractivity contribution is 5.82. The van der Waals surface area contributed by atoms with E-state index in [0.717, 1.165) is 0 Å². The first kappa shape index (κ1) is 11.8. The maximum Gasteiger partial charge on any atom is 0.411 e. The molecule has 0 bridgehead atoms. The van der Waals surface area contributed by atoms with Crippen molar-refractivity contribution in [1.82, 2.24) is 4.90 Å². The number of aliphatic carboxylic acids is 1. The Bertz CT molecular complexity index is 282. The van der Waals surface area contributed by atoms with Crippen molar-refractivity contribution in [2.24, 2.45) is 5.92 Å². The number of likely N-dealkylation sites (tertiary alicyclic amines) is 1. The number of carboxylic acid groups (broad SMARTS) is 1. The summed E-state index contributed by atoms with van der Waals surface area (Å²) in [5.74, 6) is -0.977. The Morgan fingerprint density at radius 3 is 2.27 bits per heavy atom. The van der Waals surface area contributed by atoms with Crippen LogP contribution in [0.4, 0.5) is 4.79 Å². The van der Waals surface area contributed by atoms with Crippen molar-refractivity contribution < 1.29 is 19.4 Å². The summed E-state index contributed by atoms with van der Waals surface area (Å²) in [5.41, 5.74) is -0.584. The number of carboxylic acids is 1. The van der Waals surface area contributed by atoms with E-state index in [2.05, 4.69) is 0 Å². The molecule has 2 atom stereocenters. The minimum Gasteiger partial charge on any atom is -0.480 e. The standard InChI is InChI=1S/C10H17NO4/c1-6-5-11(7(6)8(12)13)9(14)15-10(2,3)4/h6-7H,5H2,1-4H3,(H,12,13)/t6-,7-/m0/s1. The minimum absolute atomic E-state index is 0.00461. The first-order chi connectivity index (χ1) is 6.72. The quantitative estimate of drug-likeness (QED) is 0.716. The molecule has 0 aliphatic carbocycles. The summed E-state index contributed by atoms with van der Waals surface area (Å²) in [7, 11) is 0. The predicted molar refractivity (Wildman–Crippen MR) is 53.5 cm³/mol. The van der Waals surface area contributed by atoms with E-state index < -0.39 is 23.7 Å². The van der Waals surface area contributed by atoms with Crippen molar-refractivity contribution in [2.45, 2.75) is 39.3 Å². The van der Waals surface area contributed by atoms with Crippen LogP contribution in [-0.2, 0) is 9.53 Å². The van der Waals surface area contributed by atoms with E-state index in [1.807, 2.05) is 0 Å². The van der Waals surface area contributed by atoms with E-state index in [1.54, 1.807) is 27.7 Å². The highest BCUT2D eigenvalue weighted by Crippen LogP contribution is 2.26. The van der Waals surface area contributed by atoms with Crippen LogP contribution >= 0.6 is 0 Å². The molecule has 5 nitrogen and oxygen atoms in total. The molecule has 1 N–H and O–H groups in total. The molecule has 1 rings (SSSR count). The number of hydrogen-bond acceptors (Lipinski definition) is 3. The van der Waals surface area contributed by atoms with Crippen molar-refractivity contribution in [3.8, 4) is 0 Å². The molecule has 1 aliphatic rings. The van der Waals surface area contributed by atoms with Gasteiger partial charge in [-0.3, -0.25) is 4.90 Å². The molecular formula is C10H17NO4. The number of hydrogen-bond donors (Lipinski definition) is 1. The Morgan fingerprint density at radius 1 is 1.40 bits per heavy atom. The molecule has 1 aliphatic heterocycles. The van der Waals surface area contributed by atoms with Crippen molar-refractivity contribution in [1.29, 1.82) is 0 Å². The third kappa shape index (κ3) is 2.61. The van der Waals surface area contributed by atoms with Crippen molar-refractivity contribution >= 4 is 12.1 Å². The Hall–Kier alpha value is -1.26. The normalized spacial score (nSPS) is 25.7. The van der Waals surface area contributed by atoms with Gasteiger partial charge in [0.1, 0.15) is 11.6 Å². The second kappa shape index (κ2) is 3.72. The molecule has 0 radical (unpaired) electrons. The van der Waals surface area contributed by atoms with E-state index in [1.165, 1.54) is 4.90 Å². The lowest BCUT2D eigenvalue weighted by Gasteiger charge is -2.43. The lowest BCUT2D eigenvalue weighted by Crippen LogP contribution is -2.61. The second-order valence-corrected chi connectivity index (χ2v) is 4.89. The fraction of sp³-hybridized carbons (Fsp3) is 0.800. The van der Waals surface area contributed by atoms with Gasteiger partial charge in [0, 0.05) is 12.5 Å². The van der Waals surface area contributed by atoms with Crippen LogP contribution in [0, 0.1) is 5.92 Å². The molecule has 0 aromatic carbocycles.